The Hall–Kier alpha value is -1.95. The van der Waals surface area contributed by atoms with Crippen molar-refractivity contribution in [2.75, 3.05) is 40.5 Å². The Morgan fingerprint density at radius 3 is 2.32 bits per heavy atom. The Morgan fingerprint density at radius 2 is 1.68 bits per heavy atom. The van der Waals surface area contributed by atoms with Crippen LogP contribution in [0.2, 0.25) is 0 Å². The average molecular weight is 268 g/mol. The van der Waals surface area contributed by atoms with Gasteiger partial charge in [-0.1, -0.05) is 12.1 Å². The number of nitrogens with one attached hydrogen (secondary N) is 2. The second kappa shape index (κ2) is 9.04. The number of hydrogen-bond donors (Lipinski definition) is 2. The van der Waals surface area contributed by atoms with E-state index in [1.807, 2.05) is 24.3 Å². The Labute approximate surface area is 113 Å². The monoisotopic (exact) mass is 268 g/mol. The Bertz CT molecular complexity index is 385. The van der Waals surface area contributed by atoms with Crippen molar-refractivity contribution in [3.63, 3.8) is 0 Å². The molecule has 0 radical (unpaired) electrons. The molecule has 0 bridgehead atoms. The molecule has 1 aromatic rings. The van der Waals surface area contributed by atoms with Crippen LogP contribution < -0.4 is 20.1 Å². The molecule has 0 aromatic heterocycles. The fraction of sp³-hybridized carbons (Fsp3) is 0.462. The molecule has 0 heterocycles. The second-order valence-corrected chi connectivity index (χ2v) is 3.67. The van der Waals surface area contributed by atoms with Gasteiger partial charge in [0.1, 0.15) is 6.61 Å². The van der Waals surface area contributed by atoms with Crippen LogP contribution in [0.5, 0.6) is 11.5 Å². The number of methoxy groups -OCH3 is 2. The van der Waals surface area contributed by atoms with E-state index in [-0.39, 0.29) is 6.03 Å². The summed E-state index contributed by atoms with van der Waals surface area (Å²) in [5.41, 5.74) is 0. The molecule has 106 valence electrons. The highest BCUT2D eigenvalue weighted by molar-refractivity contribution is 5.73. The molecule has 0 fully saturated rings. The standard InChI is InChI=1S/C13H20N2O4/c1-17-9-7-14-13(16)15-8-10-19-12-6-4-3-5-11(12)18-2/h3-6H,7-10H2,1-2H3,(H2,14,15,16). The van der Waals surface area contributed by atoms with Gasteiger partial charge in [0.05, 0.1) is 20.3 Å². The van der Waals surface area contributed by atoms with Crippen molar-refractivity contribution < 1.29 is 19.0 Å². The van der Waals surface area contributed by atoms with Gasteiger partial charge in [0.15, 0.2) is 11.5 Å². The molecule has 0 aliphatic carbocycles. The van der Waals surface area contributed by atoms with Crippen molar-refractivity contribution >= 4 is 6.03 Å². The van der Waals surface area contributed by atoms with Crippen LogP contribution in [0.3, 0.4) is 0 Å². The van der Waals surface area contributed by atoms with E-state index in [1.54, 1.807) is 14.2 Å². The van der Waals surface area contributed by atoms with Crippen LogP contribution in [0.4, 0.5) is 4.79 Å². The normalized spacial score (nSPS) is 9.79. The summed E-state index contributed by atoms with van der Waals surface area (Å²) in [5, 5.41) is 5.33. The lowest BCUT2D eigenvalue weighted by Crippen LogP contribution is -2.39. The van der Waals surface area contributed by atoms with Crippen molar-refractivity contribution in [1.82, 2.24) is 10.6 Å². The molecule has 19 heavy (non-hydrogen) atoms. The number of benzene rings is 1. The van der Waals surface area contributed by atoms with Gasteiger partial charge in [0, 0.05) is 13.7 Å². The van der Waals surface area contributed by atoms with Gasteiger partial charge in [-0.3, -0.25) is 0 Å². The van der Waals surface area contributed by atoms with Crippen molar-refractivity contribution in [3.8, 4) is 11.5 Å². The third-order valence-corrected chi connectivity index (χ3v) is 2.31. The quantitative estimate of drug-likeness (QED) is 0.691. The molecule has 1 rings (SSSR count). The second-order valence-electron chi connectivity index (χ2n) is 3.67. The van der Waals surface area contributed by atoms with Crippen LogP contribution in [0.15, 0.2) is 24.3 Å². The van der Waals surface area contributed by atoms with Crippen LogP contribution in [0, 0.1) is 0 Å². The Morgan fingerprint density at radius 1 is 1.05 bits per heavy atom. The lowest BCUT2D eigenvalue weighted by Gasteiger charge is -2.11. The number of carbonyl (C=O) groups excluding carboxylic acids is 1. The number of para-hydroxylation sites is 2. The molecular formula is C13H20N2O4. The van der Waals surface area contributed by atoms with E-state index in [9.17, 15) is 4.79 Å². The number of hydrogen-bond acceptors (Lipinski definition) is 4. The number of ether oxygens (including phenoxy) is 3. The molecule has 0 atom stereocenters. The van der Waals surface area contributed by atoms with Gasteiger partial charge in [-0.05, 0) is 12.1 Å². The molecule has 0 spiro atoms. The summed E-state index contributed by atoms with van der Waals surface area (Å²) in [5.74, 6) is 1.33. The molecular weight excluding hydrogens is 248 g/mol. The van der Waals surface area contributed by atoms with Crippen molar-refractivity contribution in [2.24, 2.45) is 0 Å². The number of rotatable bonds is 8. The first-order valence-electron chi connectivity index (χ1n) is 6.04. The third kappa shape index (κ3) is 5.96. The molecule has 2 N–H and O–H groups in total. The van der Waals surface area contributed by atoms with Crippen molar-refractivity contribution in [3.05, 3.63) is 24.3 Å². The summed E-state index contributed by atoms with van der Waals surface area (Å²) in [7, 11) is 3.17. The zero-order chi connectivity index (χ0) is 13.9. The van der Waals surface area contributed by atoms with Crippen LogP contribution >= 0.6 is 0 Å². The van der Waals surface area contributed by atoms with Crippen LogP contribution in [0.25, 0.3) is 0 Å². The van der Waals surface area contributed by atoms with Gasteiger partial charge in [0.25, 0.3) is 0 Å². The summed E-state index contributed by atoms with van der Waals surface area (Å²) in [6.45, 7) is 1.76. The highest BCUT2D eigenvalue weighted by Crippen LogP contribution is 2.25. The molecule has 0 aliphatic heterocycles. The van der Waals surface area contributed by atoms with E-state index >= 15 is 0 Å². The molecule has 0 unspecified atom stereocenters. The molecule has 0 saturated carbocycles. The Balaban J connectivity index is 2.18. The van der Waals surface area contributed by atoms with E-state index in [0.29, 0.717) is 37.8 Å². The van der Waals surface area contributed by atoms with Gasteiger partial charge < -0.3 is 24.8 Å². The largest absolute Gasteiger partial charge is 0.493 e. The van der Waals surface area contributed by atoms with E-state index in [0.717, 1.165) is 0 Å². The average Bonchev–Trinajstić information content (AvgIpc) is 2.44. The van der Waals surface area contributed by atoms with Gasteiger partial charge in [-0.15, -0.1) is 0 Å². The smallest absolute Gasteiger partial charge is 0.314 e. The van der Waals surface area contributed by atoms with Gasteiger partial charge in [-0.2, -0.15) is 0 Å². The van der Waals surface area contributed by atoms with E-state index in [2.05, 4.69) is 10.6 Å². The number of urea groups is 1. The van der Waals surface area contributed by atoms with Crippen LogP contribution in [-0.2, 0) is 4.74 Å². The van der Waals surface area contributed by atoms with E-state index in [4.69, 9.17) is 14.2 Å². The molecule has 6 nitrogen and oxygen atoms in total. The van der Waals surface area contributed by atoms with Crippen molar-refractivity contribution in [1.29, 1.82) is 0 Å². The van der Waals surface area contributed by atoms with Gasteiger partial charge >= 0.3 is 6.03 Å². The first kappa shape index (κ1) is 15.1. The van der Waals surface area contributed by atoms with E-state index < -0.39 is 0 Å². The first-order valence-corrected chi connectivity index (χ1v) is 6.04. The fourth-order valence-electron chi connectivity index (χ4n) is 1.39. The maximum Gasteiger partial charge on any atom is 0.314 e. The summed E-state index contributed by atoms with van der Waals surface area (Å²) in [4.78, 5) is 11.3. The molecule has 1 aromatic carbocycles. The summed E-state index contributed by atoms with van der Waals surface area (Å²) in [6.07, 6.45) is 0. The molecule has 2 amide bonds. The van der Waals surface area contributed by atoms with E-state index in [1.165, 1.54) is 0 Å². The minimum absolute atomic E-state index is 0.235. The molecule has 0 saturated heterocycles. The maximum absolute atomic E-state index is 11.3. The summed E-state index contributed by atoms with van der Waals surface area (Å²) < 4.78 is 15.5. The van der Waals surface area contributed by atoms with Crippen LogP contribution in [-0.4, -0.2) is 46.6 Å². The minimum Gasteiger partial charge on any atom is -0.493 e. The topological polar surface area (TPSA) is 68.8 Å². The fourth-order valence-corrected chi connectivity index (χ4v) is 1.39. The minimum atomic E-state index is -0.235. The summed E-state index contributed by atoms with van der Waals surface area (Å²) in [6, 6.07) is 7.13. The zero-order valence-corrected chi connectivity index (χ0v) is 11.3. The highest BCUT2D eigenvalue weighted by atomic mass is 16.5. The van der Waals surface area contributed by atoms with Crippen LogP contribution in [0.1, 0.15) is 0 Å². The van der Waals surface area contributed by atoms with Gasteiger partial charge in [-0.25, -0.2) is 4.79 Å². The predicted molar refractivity (Wildman–Crippen MR) is 71.8 cm³/mol. The number of amides is 2. The predicted octanol–water partition coefficient (Wildman–Crippen LogP) is 1.02. The lowest BCUT2D eigenvalue weighted by molar-refractivity contribution is 0.195. The van der Waals surface area contributed by atoms with Gasteiger partial charge in [0.2, 0.25) is 0 Å². The number of carbonyl (C=O) groups is 1. The highest BCUT2D eigenvalue weighted by Gasteiger charge is 2.02. The maximum atomic E-state index is 11.3. The summed E-state index contributed by atoms with van der Waals surface area (Å²) >= 11 is 0. The first-order chi connectivity index (χ1) is 9.27. The molecule has 0 aliphatic rings. The third-order valence-electron chi connectivity index (χ3n) is 2.31. The Kier molecular flexibility index (Phi) is 7.19. The molecule has 6 heteroatoms. The SMILES string of the molecule is COCCNC(=O)NCCOc1ccccc1OC. The zero-order valence-electron chi connectivity index (χ0n) is 11.3. The lowest BCUT2D eigenvalue weighted by atomic mass is 10.3. The van der Waals surface area contributed by atoms with Crippen molar-refractivity contribution in [2.45, 2.75) is 0 Å².